The maximum atomic E-state index is 12.3. The highest BCUT2D eigenvalue weighted by Crippen LogP contribution is 2.24. The van der Waals surface area contributed by atoms with Gasteiger partial charge in [0.25, 0.3) is 5.91 Å². The molecule has 25 heavy (non-hydrogen) atoms. The lowest BCUT2D eigenvalue weighted by molar-refractivity contribution is -0.114. The predicted octanol–water partition coefficient (Wildman–Crippen LogP) is 3.37. The lowest BCUT2D eigenvalue weighted by Gasteiger charge is -2.15. The summed E-state index contributed by atoms with van der Waals surface area (Å²) in [5, 5.41) is 6.67. The number of likely N-dealkylation sites (N-methyl/N-ethyl adjacent to an activating group) is 1. The molecule has 0 aromatic heterocycles. The van der Waals surface area contributed by atoms with E-state index in [1.54, 1.807) is 0 Å². The Morgan fingerprint density at radius 2 is 1.76 bits per heavy atom. The van der Waals surface area contributed by atoms with Gasteiger partial charge in [0.15, 0.2) is 5.71 Å². The fourth-order valence-electron chi connectivity index (χ4n) is 2.60. The minimum Gasteiger partial charge on any atom is -0.488 e. The van der Waals surface area contributed by atoms with Crippen LogP contribution in [0.1, 0.15) is 29.2 Å². The molecular formula is C20H24N2O3. The highest BCUT2D eigenvalue weighted by molar-refractivity contribution is 6.45. The van der Waals surface area contributed by atoms with Crippen LogP contribution in [0.2, 0.25) is 0 Å². The maximum absolute atomic E-state index is 12.3. The van der Waals surface area contributed by atoms with E-state index in [1.165, 1.54) is 7.11 Å². The van der Waals surface area contributed by atoms with Crippen LogP contribution in [-0.2, 0) is 16.2 Å². The molecule has 0 saturated heterocycles. The number of para-hydroxylation sites is 1. The predicted molar refractivity (Wildman–Crippen MR) is 98.9 cm³/mol. The van der Waals surface area contributed by atoms with E-state index >= 15 is 0 Å². The van der Waals surface area contributed by atoms with Crippen LogP contribution >= 0.6 is 0 Å². The lowest BCUT2D eigenvalue weighted by atomic mass is 10.0. The van der Waals surface area contributed by atoms with Gasteiger partial charge in [-0.25, -0.2) is 0 Å². The maximum Gasteiger partial charge on any atom is 0.273 e. The molecule has 0 atom stereocenters. The zero-order valence-electron chi connectivity index (χ0n) is 15.1. The molecule has 0 unspecified atom stereocenters. The Hall–Kier alpha value is -2.82. The first-order chi connectivity index (χ1) is 12.1. The zero-order valence-corrected chi connectivity index (χ0v) is 15.1. The molecule has 132 valence electrons. The molecule has 0 spiro atoms. The van der Waals surface area contributed by atoms with Gasteiger partial charge >= 0.3 is 0 Å². The SMILES string of the molecule is CCNC(=O)/C(=N\OC)c1ccccc1COc1c(C)cccc1C. The summed E-state index contributed by atoms with van der Waals surface area (Å²) in [5.41, 5.74) is 3.96. The molecule has 0 aliphatic heterocycles. The Bertz CT molecular complexity index is 749. The number of carbonyl (C=O) groups is 1. The number of ether oxygens (including phenoxy) is 1. The van der Waals surface area contributed by atoms with Crippen molar-refractivity contribution >= 4 is 11.6 Å². The molecule has 2 rings (SSSR count). The molecule has 2 aromatic carbocycles. The topological polar surface area (TPSA) is 59.9 Å². The van der Waals surface area contributed by atoms with Crippen molar-refractivity contribution in [3.8, 4) is 5.75 Å². The average Bonchev–Trinajstić information content (AvgIpc) is 2.60. The minimum absolute atomic E-state index is 0.241. The van der Waals surface area contributed by atoms with E-state index in [4.69, 9.17) is 9.57 Å². The number of hydrogen-bond donors (Lipinski definition) is 1. The van der Waals surface area contributed by atoms with E-state index in [0.29, 0.717) is 18.7 Å². The van der Waals surface area contributed by atoms with Crippen LogP contribution in [0.5, 0.6) is 5.75 Å². The molecule has 2 aromatic rings. The van der Waals surface area contributed by atoms with E-state index in [-0.39, 0.29) is 11.6 Å². The molecular weight excluding hydrogens is 316 g/mol. The van der Waals surface area contributed by atoms with E-state index in [1.807, 2.05) is 63.2 Å². The number of carbonyl (C=O) groups excluding carboxylic acids is 1. The van der Waals surface area contributed by atoms with Gasteiger partial charge in [-0.15, -0.1) is 0 Å². The van der Waals surface area contributed by atoms with Gasteiger partial charge in [0.05, 0.1) is 0 Å². The second kappa shape index (κ2) is 8.87. The molecule has 0 aliphatic carbocycles. The van der Waals surface area contributed by atoms with Crippen LogP contribution < -0.4 is 10.1 Å². The van der Waals surface area contributed by atoms with Crippen molar-refractivity contribution in [2.24, 2.45) is 5.16 Å². The molecule has 1 amide bonds. The molecule has 5 nitrogen and oxygen atoms in total. The van der Waals surface area contributed by atoms with Gasteiger partial charge in [0, 0.05) is 12.1 Å². The van der Waals surface area contributed by atoms with Crippen molar-refractivity contribution in [2.45, 2.75) is 27.4 Å². The van der Waals surface area contributed by atoms with Crippen LogP contribution in [0.15, 0.2) is 47.6 Å². The van der Waals surface area contributed by atoms with Crippen LogP contribution in [0, 0.1) is 13.8 Å². The monoisotopic (exact) mass is 340 g/mol. The first-order valence-electron chi connectivity index (χ1n) is 8.25. The normalized spacial score (nSPS) is 11.1. The van der Waals surface area contributed by atoms with Crippen molar-refractivity contribution < 1.29 is 14.4 Å². The van der Waals surface area contributed by atoms with E-state index in [9.17, 15) is 4.79 Å². The third-order valence-electron chi connectivity index (χ3n) is 3.79. The summed E-state index contributed by atoms with van der Waals surface area (Å²) in [6.07, 6.45) is 0. The first-order valence-corrected chi connectivity index (χ1v) is 8.25. The number of benzene rings is 2. The Kier molecular flexibility index (Phi) is 6.57. The van der Waals surface area contributed by atoms with Gasteiger partial charge in [-0.1, -0.05) is 47.6 Å². The Balaban J connectivity index is 2.31. The minimum atomic E-state index is -0.274. The van der Waals surface area contributed by atoms with Gasteiger partial charge in [0.2, 0.25) is 0 Å². The summed E-state index contributed by atoms with van der Waals surface area (Å²) in [6, 6.07) is 13.6. The summed E-state index contributed by atoms with van der Waals surface area (Å²) >= 11 is 0. The Morgan fingerprint density at radius 3 is 2.40 bits per heavy atom. The molecule has 1 N–H and O–H groups in total. The number of amides is 1. The Labute approximate surface area is 148 Å². The largest absolute Gasteiger partial charge is 0.488 e. The molecule has 0 heterocycles. The number of hydrogen-bond acceptors (Lipinski definition) is 4. The fraction of sp³-hybridized carbons (Fsp3) is 0.300. The third-order valence-corrected chi connectivity index (χ3v) is 3.79. The molecule has 0 aliphatic rings. The van der Waals surface area contributed by atoms with Crippen molar-refractivity contribution in [2.75, 3.05) is 13.7 Å². The Morgan fingerprint density at radius 1 is 1.08 bits per heavy atom. The number of nitrogens with one attached hydrogen (secondary N) is 1. The number of rotatable bonds is 7. The van der Waals surface area contributed by atoms with Crippen molar-refractivity contribution in [1.29, 1.82) is 0 Å². The first kappa shape index (κ1) is 18.5. The van der Waals surface area contributed by atoms with E-state index < -0.39 is 0 Å². The third kappa shape index (κ3) is 4.59. The van der Waals surface area contributed by atoms with Crippen molar-refractivity contribution in [1.82, 2.24) is 5.32 Å². The lowest BCUT2D eigenvalue weighted by Crippen LogP contribution is -2.32. The smallest absolute Gasteiger partial charge is 0.273 e. The molecule has 5 heteroatoms. The zero-order chi connectivity index (χ0) is 18.2. The van der Waals surface area contributed by atoms with Gasteiger partial charge in [-0.3, -0.25) is 4.79 Å². The summed E-state index contributed by atoms with van der Waals surface area (Å²) < 4.78 is 6.03. The standard InChI is InChI=1S/C20H24N2O3/c1-5-21-20(23)18(22-24-4)17-12-7-6-11-16(17)13-25-19-14(2)9-8-10-15(19)3/h6-12H,5,13H2,1-4H3,(H,21,23)/b22-18-. The summed E-state index contributed by atoms with van der Waals surface area (Å²) in [6.45, 7) is 6.74. The van der Waals surface area contributed by atoms with Crippen molar-refractivity contribution in [3.05, 3.63) is 64.7 Å². The second-order valence-electron chi connectivity index (χ2n) is 5.65. The van der Waals surface area contributed by atoms with Crippen LogP contribution in [0.3, 0.4) is 0 Å². The second-order valence-corrected chi connectivity index (χ2v) is 5.65. The number of aryl methyl sites for hydroxylation is 2. The van der Waals surface area contributed by atoms with E-state index in [0.717, 1.165) is 22.4 Å². The molecule has 0 saturated carbocycles. The van der Waals surface area contributed by atoms with Crippen LogP contribution in [0.25, 0.3) is 0 Å². The van der Waals surface area contributed by atoms with E-state index in [2.05, 4.69) is 10.5 Å². The van der Waals surface area contributed by atoms with Gasteiger partial charge in [-0.2, -0.15) is 0 Å². The fourth-order valence-corrected chi connectivity index (χ4v) is 2.60. The van der Waals surface area contributed by atoms with Gasteiger partial charge in [0.1, 0.15) is 19.5 Å². The molecule has 0 radical (unpaired) electrons. The summed E-state index contributed by atoms with van der Waals surface area (Å²) in [7, 11) is 1.43. The summed E-state index contributed by atoms with van der Waals surface area (Å²) in [5.74, 6) is 0.587. The number of nitrogens with zero attached hydrogens (tertiary/aromatic N) is 1. The van der Waals surface area contributed by atoms with Crippen LogP contribution in [0.4, 0.5) is 0 Å². The molecule has 0 fully saturated rings. The number of oxime groups is 1. The average molecular weight is 340 g/mol. The van der Waals surface area contributed by atoms with Gasteiger partial charge < -0.3 is 14.9 Å². The summed E-state index contributed by atoms with van der Waals surface area (Å²) in [4.78, 5) is 17.2. The highest BCUT2D eigenvalue weighted by atomic mass is 16.6. The molecule has 0 bridgehead atoms. The quantitative estimate of drug-likeness (QED) is 0.621. The van der Waals surface area contributed by atoms with Crippen molar-refractivity contribution in [3.63, 3.8) is 0 Å². The van der Waals surface area contributed by atoms with Crippen LogP contribution in [-0.4, -0.2) is 25.3 Å². The highest BCUT2D eigenvalue weighted by Gasteiger charge is 2.18. The van der Waals surface area contributed by atoms with Gasteiger partial charge in [-0.05, 0) is 37.5 Å².